The van der Waals surface area contributed by atoms with E-state index in [0.717, 1.165) is 35.0 Å². The molecule has 1 aromatic rings. The summed E-state index contributed by atoms with van der Waals surface area (Å²) >= 11 is 0. The lowest BCUT2D eigenvalue weighted by molar-refractivity contribution is -0.137. The largest absolute Gasteiger partial charge is 0.416 e. The van der Waals surface area contributed by atoms with Crippen molar-refractivity contribution in [1.82, 2.24) is 9.62 Å². The molecule has 1 amide bonds. The second-order valence-electron chi connectivity index (χ2n) is 5.26. The van der Waals surface area contributed by atoms with Crippen LogP contribution in [0.2, 0.25) is 0 Å². The van der Waals surface area contributed by atoms with Crippen LogP contribution in [-0.4, -0.2) is 38.3 Å². The second-order valence-corrected chi connectivity index (χ2v) is 7.15. The van der Waals surface area contributed by atoms with Gasteiger partial charge in [0.1, 0.15) is 6.04 Å². The highest BCUT2D eigenvalue weighted by Gasteiger charge is 2.38. The number of amides is 1. The molecule has 0 saturated carbocycles. The van der Waals surface area contributed by atoms with Crippen molar-refractivity contribution in [3.63, 3.8) is 0 Å². The van der Waals surface area contributed by atoms with Crippen LogP contribution in [0.25, 0.3) is 0 Å². The van der Waals surface area contributed by atoms with Gasteiger partial charge in [0.05, 0.1) is 10.5 Å². The van der Waals surface area contributed by atoms with Crippen LogP contribution in [-0.2, 0) is 21.0 Å². The van der Waals surface area contributed by atoms with E-state index in [-0.39, 0.29) is 11.4 Å². The van der Waals surface area contributed by atoms with Crippen LogP contribution >= 0.6 is 0 Å². The molecular formula is C14H17F3N2O3S. The quantitative estimate of drug-likeness (QED) is 0.907. The van der Waals surface area contributed by atoms with Crippen LogP contribution in [0.4, 0.5) is 13.2 Å². The summed E-state index contributed by atoms with van der Waals surface area (Å²) in [6.45, 7) is 0.168. The molecule has 1 fully saturated rings. The van der Waals surface area contributed by atoms with E-state index in [2.05, 4.69) is 5.32 Å². The van der Waals surface area contributed by atoms with Crippen LogP contribution in [0, 0.1) is 0 Å². The first-order valence-electron chi connectivity index (χ1n) is 7.08. The molecule has 1 heterocycles. The first-order valence-corrected chi connectivity index (χ1v) is 8.52. The number of nitrogens with zero attached hydrogens (tertiary/aromatic N) is 1. The third-order valence-electron chi connectivity index (χ3n) is 3.79. The summed E-state index contributed by atoms with van der Waals surface area (Å²) in [5, 5.41) is 2.42. The first-order chi connectivity index (χ1) is 10.7. The maximum atomic E-state index is 12.6. The molecule has 1 aliphatic heterocycles. The van der Waals surface area contributed by atoms with Gasteiger partial charge >= 0.3 is 6.18 Å². The zero-order valence-corrected chi connectivity index (χ0v) is 13.2. The Bertz CT molecular complexity index is 672. The zero-order chi connectivity index (χ0) is 17.3. The summed E-state index contributed by atoms with van der Waals surface area (Å²) in [7, 11) is -2.61. The molecule has 0 spiro atoms. The minimum atomic E-state index is -4.53. The van der Waals surface area contributed by atoms with Crippen molar-refractivity contribution in [2.45, 2.75) is 36.4 Å². The van der Waals surface area contributed by atoms with Crippen molar-refractivity contribution in [1.29, 1.82) is 0 Å². The Morgan fingerprint density at radius 1 is 1.22 bits per heavy atom. The molecular weight excluding hydrogens is 333 g/mol. The molecule has 1 aromatic carbocycles. The number of benzene rings is 1. The molecule has 0 bridgehead atoms. The van der Waals surface area contributed by atoms with E-state index in [1.165, 1.54) is 7.05 Å². The van der Waals surface area contributed by atoms with Gasteiger partial charge in [-0.25, -0.2) is 8.42 Å². The van der Waals surface area contributed by atoms with Gasteiger partial charge in [-0.15, -0.1) is 0 Å². The predicted octanol–water partition coefficient (Wildman–Crippen LogP) is 1.99. The van der Waals surface area contributed by atoms with E-state index in [0.29, 0.717) is 12.8 Å². The van der Waals surface area contributed by atoms with Crippen molar-refractivity contribution in [3.05, 3.63) is 29.8 Å². The number of rotatable bonds is 3. The molecule has 0 unspecified atom stereocenters. The number of halogens is 3. The molecule has 1 aliphatic rings. The first kappa shape index (κ1) is 17.7. The monoisotopic (exact) mass is 350 g/mol. The van der Waals surface area contributed by atoms with Gasteiger partial charge in [-0.2, -0.15) is 17.5 Å². The number of sulfonamides is 1. The Labute approximate surface area is 132 Å². The SMILES string of the molecule is CNC(=O)[C@H]1CCCCN1S(=O)(=O)c1ccc(C(F)(F)F)cc1. The Morgan fingerprint density at radius 2 is 1.83 bits per heavy atom. The van der Waals surface area contributed by atoms with E-state index < -0.39 is 33.7 Å². The van der Waals surface area contributed by atoms with E-state index in [9.17, 15) is 26.4 Å². The molecule has 0 aromatic heterocycles. The number of hydrogen-bond acceptors (Lipinski definition) is 3. The maximum absolute atomic E-state index is 12.6. The van der Waals surface area contributed by atoms with Crippen LogP contribution in [0.15, 0.2) is 29.2 Å². The van der Waals surface area contributed by atoms with Gasteiger partial charge in [-0.1, -0.05) is 6.42 Å². The third kappa shape index (κ3) is 3.66. The van der Waals surface area contributed by atoms with Gasteiger partial charge in [0, 0.05) is 13.6 Å². The van der Waals surface area contributed by atoms with Crippen molar-refractivity contribution < 1.29 is 26.4 Å². The molecule has 0 radical (unpaired) electrons. The molecule has 0 aliphatic carbocycles. The van der Waals surface area contributed by atoms with E-state index in [1.807, 2.05) is 0 Å². The molecule has 2 rings (SSSR count). The van der Waals surface area contributed by atoms with E-state index in [1.54, 1.807) is 0 Å². The fourth-order valence-electron chi connectivity index (χ4n) is 2.57. The lowest BCUT2D eigenvalue weighted by atomic mass is 10.0. The third-order valence-corrected chi connectivity index (χ3v) is 5.71. The van der Waals surface area contributed by atoms with Crippen molar-refractivity contribution in [2.24, 2.45) is 0 Å². The highest BCUT2D eigenvalue weighted by molar-refractivity contribution is 7.89. The molecule has 128 valence electrons. The summed E-state index contributed by atoms with van der Waals surface area (Å²) in [5.41, 5.74) is -0.919. The normalized spacial score (nSPS) is 20.3. The van der Waals surface area contributed by atoms with Gasteiger partial charge in [0.15, 0.2) is 0 Å². The highest BCUT2D eigenvalue weighted by Crippen LogP contribution is 2.31. The Hall–Kier alpha value is -1.61. The van der Waals surface area contributed by atoms with Gasteiger partial charge in [0.2, 0.25) is 15.9 Å². The van der Waals surface area contributed by atoms with E-state index in [4.69, 9.17) is 0 Å². The fraction of sp³-hybridized carbons (Fsp3) is 0.500. The summed E-state index contributed by atoms with van der Waals surface area (Å²) in [4.78, 5) is 11.6. The molecule has 1 saturated heterocycles. The van der Waals surface area contributed by atoms with Crippen molar-refractivity contribution in [3.8, 4) is 0 Å². The Kier molecular flexibility index (Phi) is 5.00. The number of carbonyl (C=O) groups is 1. The number of piperidine rings is 1. The fourth-order valence-corrected chi connectivity index (χ4v) is 4.23. The van der Waals surface area contributed by atoms with Crippen LogP contribution in [0.1, 0.15) is 24.8 Å². The molecule has 1 atom stereocenters. The van der Waals surface area contributed by atoms with Gasteiger partial charge < -0.3 is 5.32 Å². The topological polar surface area (TPSA) is 66.5 Å². The van der Waals surface area contributed by atoms with Crippen LogP contribution < -0.4 is 5.32 Å². The van der Waals surface area contributed by atoms with Crippen molar-refractivity contribution >= 4 is 15.9 Å². The summed E-state index contributed by atoms with van der Waals surface area (Å²) < 4.78 is 64.1. The van der Waals surface area contributed by atoms with E-state index >= 15 is 0 Å². The number of likely N-dealkylation sites (N-methyl/N-ethyl adjacent to an activating group) is 1. The molecule has 9 heteroatoms. The molecule has 5 nitrogen and oxygen atoms in total. The highest BCUT2D eigenvalue weighted by atomic mass is 32.2. The Balaban J connectivity index is 2.34. The van der Waals surface area contributed by atoms with Gasteiger partial charge in [-0.3, -0.25) is 4.79 Å². The number of hydrogen-bond donors (Lipinski definition) is 1. The summed E-state index contributed by atoms with van der Waals surface area (Å²) in [6.07, 6.45) is -2.82. The average Bonchev–Trinajstić information content (AvgIpc) is 2.53. The number of nitrogens with one attached hydrogen (secondary N) is 1. The minimum Gasteiger partial charge on any atom is -0.358 e. The maximum Gasteiger partial charge on any atom is 0.416 e. The van der Waals surface area contributed by atoms with Crippen LogP contribution in [0.3, 0.4) is 0 Å². The summed E-state index contributed by atoms with van der Waals surface area (Å²) in [6, 6.07) is 2.47. The lowest BCUT2D eigenvalue weighted by Crippen LogP contribution is -2.51. The van der Waals surface area contributed by atoms with Gasteiger partial charge in [-0.05, 0) is 37.1 Å². The van der Waals surface area contributed by atoms with Crippen LogP contribution in [0.5, 0.6) is 0 Å². The van der Waals surface area contributed by atoms with Gasteiger partial charge in [0.25, 0.3) is 0 Å². The predicted molar refractivity (Wildman–Crippen MR) is 77.0 cm³/mol. The second kappa shape index (κ2) is 6.48. The molecule has 23 heavy (non-hydrogen) atoms. The minimum absolute atomic E-state index is 0.168. The average molecular weight is 350 g/mol. The Morgan fingerprint density at radius 3 is 2.35 bits per heavy atom. The zero-order valence-electron chi connectivity index (χ0n) is 12.4. The van der Waals surface area contributed by atoms with Crippen molar-refractivity contribution in [2.75, 3.05) is 13.6 Å². The summed E-state index contributed by atoms with van der Waals surface area (Å²) in [5.74, 6) is -0.416. The number of alkyl halides is 3. The molecule has 1 N–H and O–H groups in total. The number of carbonyl (C=O) groups excluding carboxylic acids is 1. The lowest BCUT2D eigenvalue weighted by Gasteiger charge is -2.33. The standard InChI is InChI=1S/C14H17F3N2O3S/c1-18-13(20)12-4-2-3-9-19(12)23(21,22)11-7-5-10(6-8-11)14(15,16)17/h5-8,12H,2-4,9H2,1H3,(H,18,20)/t12-/m1/s1. The smallest absolute Gasteiger partial charge is 0.358 e.